The third-order valence-electron chi connectivity index (χ3n) is 3.60. The maximum Gasteiger partial charge on any atom is 0.416 e. The van der Waals surface area contributed by atoms with Gasteiger partial charge in [-0.05, 0) is 50.3 Å². The van der Waals surface area contributed by atoms with Gasteiger partial charge in [-0.2, -0.15) is 13.2 Å². The van der Waals surface area contributed by atoms with Crippen LogP contribution in [0.3, 0.4) is 0 Å². The maximum absolute atomic E-state index is 12.8. The summed E-state index contributed by atoms with van der Waals surface area (Å²) in [6.45, 7) is 2.98. The van der Waals surface area contributed by atoms with Crippen LogP contribution in [0.1, 0.15) is 36.8 Å². The van der Waals surface area contributed by atoms with Gasteiger partial charge in [0.15, 0.2) is 0 Å². The molecule has 1 unspecified atom stereocenters. The van der Waals surface area contributed by atoms with E-state index in [2.05, 4.69) is 5.32 Å². The van der Waals surface area contributed by atoms with Crippen molar-refractivity contribution in [2.24, 2.45) is 0 Å². The summed E-state index contributed by atoms with van der Waals surface area (Å²) in [6.07, 6.45) is 0.124. The number of halogens is 3. The maximum atomic E-state index is 12.8. The first-order chi connectivity index (χ1) is 9.47. The number of hydrogen-bond donors (Lipinski definition) is 1. The van der Waals surface area contributed by atoms with Gasteiger partial charge in [0, 0.05) is 18.8 Å². The molecule has 1 saturated heterocycles. The Morgan fingerprint density at radius 2 is 2.15 bits per heavy atom. The largest absolute Gasteiger partial charge is 0.416 e. The zero-order valence-electron chi connectivity index (χ0n) is 11.6. The van der Waals surface area contributed by atoms with Crippen molar-refractivity contribution >= 4 is 5.69 Å². The Bertz CT molecular complexity index is 439. The van der Waals surface area contributed by atoms with Gasteiger partial charge in [-0.3, -0.25) is 0 Å². The van der Waals surface area contributed by atoms with Gasteiger partial charge >= 0.3 is 6.18 Å². The van der Waals surface area contributed by atoms with Crippen LogP contribution in [0, 0.1) is 6.92 Å². The topological polar surface area (TPSA) is 21.3 Å². The van der Waals surface area contributed by atoms with Crippen LogP contribution >= 0.6 is 0 Å². The zero-order valence-corrected chi connectivity index (χ0v) is 11.6. The minimum Gasteiger partial charge on any atom is -0.385 e. The summed E-state index contributed by atoms with van der Waals surface area (Å²) in [5.41, 5.74) is 0.208. The lowest BCUT2D eigenvalue weighted by molar-refractivity contribution is -0.138. The van der Waals surface area contributed by atoms with E-state index in [4.69, 9.17) is 4.74 Å². The number of anilines is 1. The van der Waals surface area contributed by atoms with E-state index in [1.54, 1.807) is 6.07 Å². The number of benzene rings is 1. The monoisotopic (exact) mass is 287 g/mol. The van der Waals surface area contributed by atoms with E-state index in [-0.39, 0.29) is 5.56 Å². The average Bonchev–Trinajstić information content (AvgIpc) is 2.88. The smallest absolute Gasteiger partial charge is 0.385 e. The van der Waals surface area contributed by atoms with Crippen LogP contribution in [0.25, 0.3) is 0 Å². The Balaban J connectivity index is 1.83. The molecule has 2 rings (SSSR count). The summed E-state index contributed by atoms with van der Waals surface area (Å²) in [4.78, 5) is 0. The molecule has 112 valence electrons. The molecule has 1 fully saturated rings. The molecular weight excluding hydrogens is 267 g/mol. The second-order valence-electron chi connectivity index (χ2n) is 5.23. The number of aryl methyl sites for hydroxylation is 1. The molecule has 1 aliphatic rings. The second-order valence-corrected chi connectivity index (χ2v) is 5.23. The van der Waals surface area contributed by atoms with Gasteiger partial charge in [-0.25, -0.2) is 0 Å². The van der Waals surface area contributed by atoms with E-state index in [0.29, 0.717) is 18.3 Å². The molecule has 1 heterocycles. The van der Waals surface area contributed by atoms with Crippen LogP contribution in [-0.4, -0.2) is 19.3 Å². The van der Waals surface area contributed by atoms with Gasteiger partial charge in [0.2, 0.25) is 0 Å². The lowest BCUT2D eigenvalue weighted by Gasteiger charge is -2.14. The summed E-state index contributed by atoms with van der Waals surface area (Å²) < 4.78 is 43.8. The molecule has 1 atom stereocenters. The predicted octanol–water partition coefficient (Wildman–Crippen LogP) is 4.38. The van der Waals surface area contributed by atoms with Crippen molar-refractivity contribution in [1.29, 1.82) is 0 Å². The predicted molar refractivity (Wildman–Crippen MR) is 72.9 cm³/mol. The number of nitrogens with one attached hydrogen (secondary N) is 1. The Morgan fingerprint density at radius 1 is 1.35 bits per heavy atom. The molecule has 2 nitrogen and oxygen atoms in total. The molecule has 20 heavy (non-hydrogen) atoms. The molecule has 0 radical (unpaired) electrons. The van der Waals surface area contributed by atoms with E-state index >= 15 is 0 Å². The number of alkyl halides is 3. The molecule has 1 aromatic carbocycles. The van der Waals surface area contributed by atoms with E-state index in [1.165, 1.54) is 19.1 Å². The highest BCUT2D eigenvalue weighted by Crippen LogP contribution is 2.33. The summed E-state index contributed by atoms with van der Waals surface area (Å²) in [6, 6.07) is 4.38. The van der Waals surface area contributed by atoms with Crippen LogP contribution in [0.5, 0.6) is 0 Å². The summed E-state index contributed by atoms with van der Waals surface area (Å²) >= 11 is 0. The van der Waals surface area contributed by atoms with Crippen LogP contribution < -0.4 is 5.32 Å². The molecule has 1 N–H and O–H groups in total. The third-order valence-corrected chi connectivity index (χ3v) is 3.60. The van der Waals surface area contributed by atoms with Gasteiger partial charge in [-0.15, -0.1) is 0 Å². The number of hydrogen-bond acceptors (Lipinski definition) is 2. The van der Waals surface area contributed by atoms with Crippen molar-refractivity contribution in [2.45, 2.75) is 44.9 Å². The summed E-state index contributed by atoms with van der Waals surface area (Å²) in [7, 11) is 0. The van der Waals surface area contributed by atoms with Crippen LogP contribution in [0.15, 0.2) is 18.2 Å². The van der Waals surface area contributed by atoms with Crippen molar-refractivity contribution in [3.8, 4) is 0 Å². The highest BCUT2D eigenvalue weighted by atomic mass is 19.4. The first-order valence-corrected chi connectivity index (χ1v) is 7.00. The molecule has 0 bridgehead atoms. The van der Waals surface area contributed by atoms with E-state index in [9.17, 15) is 13.2 Å². The Labute approximate surface area is 117 Å². The Morgan fingerprint density at radius 3 is 2.80 bits per heavy atom. The van der Waals surface area contributed by atoms with Gasteiger partial charge in [0.1, 0.15) is 0 Å². The first-order valence-electron chi connectivity index (χ1n) is 7.00. The SMILES string of the molecule is Cc1ccc(NCCCC2CCCO2)cc1C(F)(F)F. The standard InChI is InChI=1S/C15H20F3NO/c1-11-6-7-12(10-14(11)15(16,17)18)19-8-2-4-13-5-3-9-20-13/h6-7,10,13,19H,2-5,8-9H2,1H3. The Kier molecular flexibility index (Phi) is 4.91. The van der Waals surface area contributed by atoms with E-state index < -0.39 is 11.7 Å². The lowest BCUT2D eigenvalue weighted by atomic mass is 10.1. The number of ether oxygens (including phenoxy) is 1. The summed E-state index contributed by atoms with van der Waals surface area (Å²) in [5.74, 6) is 0. The first kappa shape index (κ1) is 15.2. The average molecular weight is 287 g/mol. The van der Waals surface area contributed by atoms with Crippen molar-refractivity contribution in [1.82, 2.24) is 0 Å². The molecule has 0 amide bonds. The van der Waals surface area contributed by atoms with Crippen molar-refractivity contribution in [2.75, 3.05) is 18.5 Å². The highest BCUT2D eigenvalue weighted by molar-refractivity contribution is 5.49. The van der Waals surface area contributed by atoms with E-state index in [0.717, 1.165) is 32.3 Å². The normalized spacial score (nSPS) is 19.3. The van der Waals surface area contributed by atoms with Crippen LogP contribution in [0.4, 0.5) is 18.9 Å². The van der Waals surface area contributed by atoms with Crippen LogP contribution in [-0.2, 0) is 10.9 Å². The van der Waals surface area contributed by atoms with Crippen molar-refractivity contribution < 1.29 is 17.9 Å². The molecule has 0 spiro atoms. The fourth-order valence-electron chi connectivity index (χ4n) is 2.47. The molecule has 1 aliphatic heterocycles. The zero-order chi connectivity index (χ0) is 14.6. The third kappa shape index (κ3) is 4.13. The molecular formula is C15H20F3NO. The minimum atomic E-state index is -4.29. The van der Waals surface area contributed by atoms with Crippen LogP contribution in [0.2, 0.25) is 0 Å². The molecule has 0 aromatic heterocycles. The quantitative estimate of drug-likeness (QED) is 0.811. The molecule has 1 aromatic rings. The fraction of sp³-hybridized carbons (Fsp3) is 0.600. The van der Waals surface area contributed by atoms with E-state index in [1.807, 2.05) is 0 Å². The van der Waals surface area contributed by atoms with Gasteiger partial charge < -0.3 is 10.1 Å². The lowest BCUT2D eigenvalue weighted by Crippen LogP contribution is -2.11. The molecule has 0 saturated carbocycles. The fourth-order valence-corrected chi connectivity index (χ4v) is 2.47. The van der Waals surface area contributed by atoms with Gasteiger partial charge in [-0.1, -0.05) is 6.07 Å². The van der Waals surface area contributed by atoms with Crippen molar-refractivity contribution in [3.05, 3.63) is 29.3 Å². The molecule has 0 aliphatic carbocycles. The minimum absolute atomic E-state index is 0.252. The van der Waals surface area contributed by atoms with Gasteiger partial charge in [0.05, 0.1) is 11.7 Å². The second kappa shape index (κ2) is 6.48. The molecule has 5 heteroatoms. The summed E-state index contributed by atoms with van der Waals surface area (Å²) in [5, 5.41) is 3.05. The van der Waals surface area contributed by atoms with Gasteiger partial charge in [0.25, 0.3) is 0 Å². The Hall–Kier alpha value is -1.23. The highest BCUT2D eigenvalue weighted by Gasteiger charge is 2.32. The number of rotatable bonds is 5. The van der Waals surface area contributed by atoms with Crippen molar-refractivity contribution in [3.63, 3.8) is 0 Å².